The van der Waals surface area contributed by atoms with Crippen LogP contribution in [0.1, 0.15) is 11.1 Å². The van der Waals surface area contributed by atoms with Crippen molar-refractivity contribution in [2.45, 2.75) is 5.03 Å². The number of hydrogen-bond donors (Lipinski definition) is 2. The topological polar surface area (TPSA) is 148 Å². The van der Waals surface area contributed by atoms with Gasteiger partial charge in [0.2, 0.25) is 12.7 Å². The molecule has 0 spiro atoms. The first-order valence-electron chi connectivity index (χ1n) is 7.00. The van der Waals surface area contributed by atoms with Gasteiger partial charge in [0.25, 0.3) is 0 Å². The quantitative estimate of drug-likeness (QED) is 0.783. The molecule has 0 saturated carbocycles. The van der Waals surface area contributed by atoms with Crippen molar-refractivity contribution in [2.24, 2.45) is 5.73 Å². The lowest BCUT2D eigenvalue weighted by atomic mass is 9.96. The van der Waals surface area contributed by atoms with Crippen LogP contribution in [0.25, 0.3) is 11.1 Å². The highest BCUT2D eigenvalue weighted by Crippen LogP contribution is 2.40. The van der Waals surface area contributed by atoms with Gasteiger partial charge in [-0.15, -0.1) is 0 Å². The number of rotatable bonds is 4. The van der Waals surface area contributed by atoms with Crippen molar-refractivity contribution in [3.8, 4) is 34.8 Å². The second-order valence-corrected chi connectivity index (χ2v) is 5.94. The molecule has 2 heterocycles. The zero-order valence-corrected chi connectivity index (χ0v) is 13.6. The van der Waals surface area contributed by atoms with E-state index in [1.165, 1.54) is 0 Å². The van der Waals surface area contributed by atoms with Crippen LogP contribution in [0.2, 0.25) is 0 Å². The standard InChI is InChI=1S/C16H11N5O3S/c17-4-9-14(8-1-2-11-12(3-8)24-7-23-11)10(5-18)16(21-15(9)20)25-6-13(19)22/h1-3H,6-7H2,(H2,19,22)(H2,20,21). The second-order valence-electron chi connectivity index (χ2n) is 4.97. The number of amides is 1. The predicted molar refractivity (Wildman–Crippen MR) is 89.6 cm³/mol. The lowest BCUT2D eigenvalue weighted by Crippen LogP contribution is -2.14. The molecule has 0 aliphatic carbocycles. The van der Waals surface area contributed by atoms with Gasteiger partial charge in [0.05, 0.1) is 11.3 Å². The molecule has 1 aromatic carbocycles. The van der Waals surface area contributed by atoms with Crippen molar-refractivity contribution in [1.82, 2.24) is 4.98 Å². The number of nitrogens with zero attached hydrogens (tertiary/aromatic N) is 3. The highest BCUT2D eigenvalue weighted by atomic mass is 32.2. The molecule has 3 rings (SSSR count). The molecule has 9 heteroatoms. The number of aromatic nitrogens is 1. The van der Waals surface area contributed by atoms with Gasteiger partial charge in [0.1, 0.15) is 28.5 Å². The molecule has 124 valence electrons. The summed E-state index contributed by atoms with van der Waals surface area (Å²) in [5, 5.41) is 19.3. The molecule has 8 nitrogen and oxygen atoms in total. The van der Waals surface area contributed by atoms with Crippen molar-refractivity contribution >= 4 is 23.5 Å². The Hall–Kier alpha value is -3.43. The summed E-state index contributed by atoms with van der Waals surface area (Å²) >= 11 is 0.994. The van der Waals surface area contributed by atoms with Crippen molar-refractivity contribution in [3.63, 3.8) is 0 Å². The number of pyridine rings is 1. The monoisotopic (exact) mass is 353 g/mol. The Kier molecular flexibility index (Phi) is 4.33. The van der Waals surface area contributed by atoms with Crippen molar-refractivity contribution in [1.29, 1.82) is 10.5 Å². The number of anilines is 1. The third-order valence-electron chi connectivity index (χ3n) is 3.43. The van der Waals surface area contributed by atoms with E-state index < -0.39 is 5.91 Å². The Labute approximate surface area is 147 Å². The number of ether oxygens (including phenoxy) is 2. The van der Waals surface area contributed by atoms with Gasteiger partial charge in [-0.3, -0.25) is 4.79 Å². The predicted octanol–water partition coefficient (Wildman–Crippen LogP) is 1.38. The van der Waals surface area contributed by atoms with E-state index in [0.29, 0.717) is 22.6 Å². The average molecular weight is 353 g/mol. The van der Waals surface area contributed by atoms with E-state index in [1.54, 1.807) is 18.2 Å². The minimum atomic E-state index is -0.553. The first-order valence-corrected chi connectivity index (χ1v) is 7.98. The van der Waals surface area contributed by atoms with Crippen LogP contribution in [0, 0.1) is 22.7 Å². The lowest BCUT2D eigenvalue weighted by Gasteiger charge is -2.13. The minimum Gasteiger partial charge on any atom is -0.454 e. The summed E-state index contributed by atoms with van der Waals surface area (Å²) in [6.07, 6.45) is 0. The van der Waals surface area contributed by atoms with E-state index >= 15 is 0 Å². The van der Waals surface area contributed by atoms with Gasteiger partial charge in [-0.25, -0.2) is 4.98 Å². The number of thioether (sulfide) groups is 1. The molecular weight excluding hydrogens is 342 g/mol. The van der Waals surface area contributed by atoms with Gasteiger partial charge in [-0.05, 0) is 17.7 Å². The van der Waals surface area contributed by atoms with Crippen LogP contribution in [-0.2, 0) is 4.79 Å². The summed E-state index contributed by atoms with van der Waals surface area (Å²) in [7, 11) is 0. The van der Waals surface area contributed by atoms with E-state index in [0.717, 1.165) is 11.8 Å². The average Bonchev–Trinajstić information content (AvgIpc) is 3.06. The Bertz CT molecular complexity index is 962. The maximum Gasteiger partial charge on any atom is 0.231 e. The van der Waals surface area contributed by atoms with Crippen LogP contribution >= 0.6 is 11.8 Å². The van der Waals surface area contributed by atoms with E-state index in [2.05, 4.69) is 4.98 Å². The Morgan fingerprint density at radius 1 is 1.24 bits per heavy atom. The lowest BCUT2D eigenvalue weighted by molar-refractivity contribution is -0.115. The summed E-state index contributed by atoms with van der Waals surface area (Å²) in [4.78, 5) is 15.1. The van der Waals surface area contributed by atoms with Crippen LogP contribution in [-0.4, -0.2) is 23.4 Å². The first kappa shape index (κ1) is 16.4. The molecule has 4 N–H and O–H groups in total. The number of nitrogens with two attached hydrogens (primary N) is 2. The summed E-state index contributed by atoms with van der Waals surface area (Å²) in [5.41, 5.74) is 12.2. The molecule has 1 aliphatic heterocycles. The maximum atomic E-state index is 11.0. The van der Waals surface area contributed by atoms with Crippen LogP contribution in [0.15, 0.2) is 23.2 Å². The van der Waals surface area contributed by atoms with Crippen molar-refractivity contribution in [3.05, 3.63) is 29.3 Å². The molecule has 0 saturated heterocycles. The Balaban J connectivity index is 2.21. The summed E-state index contributed by atoms with van der Waals surface area (Å²) < 4.78 is 10.6. The first-order chi connectivity index (χ1) is 12.0. The van der Waals surface area contributed by atoms with Gasteiger partial charge < -0.3 is 20.9 Å². The minimum absolute atomic E-state index is 0.0267. The van der Waals surface area contributed by atoms with Gasteiger partial charge in [-0.1, -0.05) is 17.8 Å². The molecule has 1 aromatic heterocycles. The molecular formula is C16H11N5O3S. The van der Waals surface area contributed by atoms with Crippen molar-refractivity contribution in [2.75, 3.05) is 18.3 Å². The zero-order valence-electron chi connectivity index (χ0n) is 12.8. The molecule has 2 aromatic rings. The van der Waals surface area contributed by atoms with Crippen LogP contribution in [0.5, 0.6) is 11.5 Å². The summed E-state index contributed by atoms with van der Waals surface area (Å²) in [6, 6.07) is 9.08. The van der Waals surface area contributed by atoms with Gasteiger partial charge in [0.15, 0.2) is 11.5 Å². The molecule has 0 atom stereocenters. The highest BCUT2D eigenvalue weighted by Gasteiger charge is 2.23. The van der Waals surface area contributed by atoms with E-state index in [9.17, 15) is 15.3 Å². The largest absolute Gasteiger partial charge is 0.454 e. The zero-order chi connectivity index (χ0) is 18.0. The molecule has 1 amide bonds. The number of carbonyl (C=O) groups is 1. The maximum absolute atomic E-state index is 11.0. The third-order valence-corrected chi connectivity index (χ3v) is 4.43. The molecule has 0 unspecified atom stereocenters. The SMILES string of the molecule is N#Cc1c(N)nc(SCC(N)=O)c(C#N)c1-c1ccc2c(c1)OCO2. The van der Waals surface area contributed by atoms with Crippen LogP contribution in [0.3, 0.4) is 0 Å². The fourth-order valence-electron chi connectivity index (χ4n) is 2.38. The second kappa shape index (κ2) is 6.59. The number of fused-ring (bicyclic) bond motifs is 1. The number of nitriles is 2. The number of benzene rings is 1. The molecule has 25 heavy (non-hydrogen) atoms. The Morgan fingerprint density at radius 2 is 1.96 bits per heavy atom. The smallest absolute Gasteiger partial charge is 0.231 e. The summed E-state index contributed by atoms with van der Waals surface area (Å²) in [6.45, 7) is 0.104. The van der Waals surface area contributed by atoms with Crippen LogP contribution in [0.4, 0.5) is 5.82 Å². The van der Waals surface area contributed by atoms with Gasteiger partial charge in [0, 0.05) is 5.56 Å². The third kappa shape index (κ3) is 3.01. The van der Waals surface area contributed by atoms with E-state index in [1.807, 2.05) is 12.1 Å². The fourth-order valence-corrected chi connectivity index (χ4v) is 3.12. The fraction of sp³-hybridized carbons (Fsp3) is 0.125. The number of hydrogen-bond acceptors (Lipinski definition) is 8. The van der Waals surface area contributed by atoms with E-state index in [4.69, 9.17) is 20.9 Å². The molecule has 1 aliphatic rings. The van der Waals surface area contributed by atoms with Gasteiger partial charge >= 0.3 is 0 Å². The van der Waals surface area contributed by atoms with Crippen molar-refractivity contribution < 1.29 is 14.3 Å². The number of nitrogen functional groups attached to an aromatic ring is 1. The normalized spacial score (nSPS) is 11.6. The number of primary amides is 1. The number of carbonyl (C=O) groups excluding carboxylic acids is 1. The Morgan fingerprint density at radius 3 is 2.64 bits per heavy atom. The molecule has 0 radical (unpaired) electrons. The van der Waals surface area contributed by atoms with Gasteiger partial charge in [-0.2, -0.15) is 10.5 Å². The van der Waals surface area contributed by atoms with Crippen LogP contribution < -0.4 is 20.9 Å². The summed E-state index contributed by atoms with van der Waals surface area (Å²) in [5.74, 6) is 0.440. The molecule has 0 fully saturated rings. The highest BCUT2D eigenvalue weighted by molar-refractivity contribution is 8.00. The van der Waals surface area contributed by atoms with E-state index in [-0.39, 0.29) is 34.5 Å². The molecule has 0 bridgehead atoms.